The number of hydrogen-bond donors (Lipinski definition) is 1. The molecule has 0 aliphatic heterocycles. The number of amides is 1. The smallest absolute Gasteiger partial charge is 0.282 e. The van der Waals surface area contributed by atoms with Gasteiger partial charge in [-0.1, -0.05) is 19.3 Å². The third-order valence-electron chi connectivity index (χ3n) is 4.05. The van der Waals surface area contributed by atoms with Crippen molar-refractivity contribution in [2.45, 2.75) is 32.1 Å². The van der Waals surface area contributed by atoms with E-state index >= 15 is 0 Å². The molecule has 1 aromatic carbocycles. The lowest BCUT2D eigenvalue weighted by Crippen LogP contribution is -2.33. The van der Waals surface area contributed by atoms with Gasteiger partial charge in [0.15, 0.2) is 0 Å². The minimum atomic E-state index is -0.541. The monoisotopic (exact) mass is 291 g/mol. The van der Waals surface area contributed by atoms with E-state index in [9.17, 15) is 14.9 Å². The zero-order chi connectivity index (χ0) is 15.4. The predicted molar refractivity (Wildman–Crippen MR) is 81.0 cm³/mol. The number of nitrogen functional groups attached to an aromatic ring is 1. The molecule has 6 nitrogen and oxygen atoms in total. The van der Waals surface area contributed by atoms with Gasteiger partial charge < -0.3 is 10.6 Å². The molecule has 0 radical (unpaired) electrons. The highest BCUT2D eigenvalue weighted by molar-refractivity contribution is 5.98. The molecule has 1 aliphatic carbocycles. The summed E-state index contributed by atoms with van der Waals surface area (Å²) in [4.78, 5) is 24.5. The lowest BCUT2D eigenvalue weighted by Gasteiger charge is -2.27. The average Bonchev–Trinajstić information content (AvgIpc) is 2.47. The van der Waals surface area contributed by atoms with Crippen LogP contribution in [0.4, 0.5) is 11.4 Å². The average molecular weight is 291 g/mol. The second-order valence-electron chi connectivity index (χ2n) is 5.72. The van der Waals surface area contributed by atoms with Gasteiger partial charge in [0.25, 0.3) is 11.6 Å². The lowest BCUT2D eigenvalue weighted by atomic mass is 9.89. The van der Waals surface area contributed by atoms with Gasteiger partial charge in [-0.15, -0.1) is 0 Å². The van der Waals surface area contributed by atoms with Gasteiger partial charge in [0.1, 0.15) is 5.56 Å². The molecule has 0 heterocycles. The normalized spacial score (nSPS) is 15.7. The fourth-order valence-electron chi connectivity index (χ4n) is 2.93. The van der Waals surface area contributed by atoms with Crippen molar-refractivity contribution < 1.29 is 9.72 Å². The maximum absolute atomic E-state index is 12.5. The molecule has 1 aliphatic rings. The Morgan fingerprint density at radius 3 is 2.67 bits per heavy atom. The number of nitro benzene ring substituents is 1. The summed E-state index contributed by atoms with van der Waals surface area (Å²) in [6.45, 7) is 0.644. The van der Waals surface area contributed by atoms with Crippen LogP contribution in [0.1, 0.15) is 42.5 Å². The second-order valence-corrected chi connectivity index (χ2v) is 5.72. The maximum Gasteiger partial charge on any atom is 0.282 e. The van der Waals surface area contributed by atoms with Crippen LogP contribution in [0.15, 0.2) is 18.2 Å². The van der Waals surface area contributed by atoms with Crippen LogP contribution in [0.25, 0.3) is 0 Å². The van der Waals surface area contributed by atoms with E-state index in [1.807, 2.05) is 0 Å². The first kappa shape index (κ1) is 15.3. The number of nitro groups is 1. The number of nitrogens with two attached hydrogens (primary N) is 1. The van der Waals surface area contributed by atoms with Crippen molar-refractivity contribution in [1.82, 2.24) is 4.90 Å². The summed E-state index contributed by atoms with van der Waals surface area (Å²) in [6.07, 6.45) is 5.90. The highest BCUT2D eigenvalue weighted by Gasteiger charge is 2.25. The Kier molecular flexibility index (Phi) is 4.77. The SMILES string of the molecule is CN(CC1CCCCC1)C(=O)c1cc(N)ccc1[N+](=O)[O-]. The number of benzene rings is 1. The van der Waals surface area contributed by atoms with Crippen LogP contribution in [0.2, 0.25) is 0 Å². The van der Waals surface area contributed by atoms with Crippen LogP contribution >= 0.6 is 0 Å². The molecular weight excluding hydrogens is 270 g/mol. The van der Waals surface area contributed by atoms with Crippen molar-refractivity contribution in [3.8, 4) is 0 Å². The first-order valence-corrected chi connectivity index (χ1v) is 7.28. The van der Waals surface area contributed by atoms with E-state index in [1.54, 1.807) is 11.9 Å². The second kappa shape index (κ2) is 6.56. The molecule has 0 spiro atoms. The first-order chi connectivity index (χ1) is 9.99. The van der Waals surface area contributed by atoms with E-state index in [0.29, 0.717) is 18.2 Å². The molecule has 0 unspecified atom stereocenters. The molecule has 0 saturated heterocycles. The molecule has 1 aromatic rings. The number of hydrogen-bond acceptors (Lipinski definition) is 4. The van der Waals surface area contributed by atoms with Crippen LogP contribution in [-0.2, 0) is 0 Å². The molecule has 21 heavy (non-hydrogen) atoms. The Labute approximate surface area is 124 Å². The Hall–Kier alpha value is -2.11. The number of anilines is 1. The molecule has 2 rings (SSSR count). The standard InChI is InChI=1S/C15H21N3O3/c1-17(10-11-5-3-2-4-6-11)15(19)13-9-12(16)7-8-14(13)18(20)21/h7-9,11H,2-6,10,16H2,1H3. The molecule has 114 valence electrons. The van der Waals surface area contributed by atoms with Gasteiger partial charge >= 0.3 is 0 Å². The minimum absolute atomic E-state index is 0.0679. The van der Waals surface area contributed by atoms with Crippen LogP contribution in [0.3, 0.4) is 0 Å². The first-order valence-electron chi connectivity index (χ1n) is 7.28. The fraction of sp³-hybridized carbons (Fsp3) is 0.533. The predicted octanol–water partition coefficient (Wildman–Crippen LogP) is 2.83. The van der Waals surface area contributed by atoms with Gasteiger partial charge in [0, 0.05) is 25.3 Å². The molecule has 1 amide bonds. The summed E-state index contributed by atoms with van der Waals surface area (Å²) >= 11 is 0. The number of carbonyl (C=O) groups is 1. The van der Waals surface area contributed by atoms with Crippen LogP contribution < -0.4 is 5.73 Å². The van der Waals surface area contributed by atoms with Crippen molar-refractivity contribution in [3.63, 3.8) is 0 Å². The van der Waals surface area contributed by atoms with Crippen molar-refractivity contribution in [3.05, 3.63) is 33.9 Å². The Morgan fingerprint density at radius 1 is 1.38 bits per heavy atom. The van der Waals surface area contributed by atoms with Gasteiger partial charge in [0.2, 0.25) is 0 Å². The van der Waals surface area contributed by atoms with E-state index in [4.69, 9.17) is 5.73 Å². The van der Waals surface area contributed by atoms with Crippen molar-refractivity contribution >= 4 is 17.3 Å². The third kappa shape index (κ3) is 3.71. The number of carbonyl (C=O) groups excluding carboxylic acids is 1. The molecule has 6 heteroatoms. The molecule has 2 N–H and O–H groups in total. The summed E-state index contributed by atoms with van der Waals surface area (Å²) in [5, 5.41) is 11.0. The summed E-state index contributed by atoms with van der Waals surface area (Å²) in [5.74, 6) is 0.160. The number of rotatable bonds is 4. The summed E-state index contributed by atoms with van der Waals surface area (Å²) in [7, 11) is 1.70. The quantitative estimate of drug-likeness (QED) is 0.524. The Bertz CT molecular complexity index is 539. The summed E-state index contributed by atoms with van der Waals surface area (Å²) in [6, 6.07) is 4.12. The molecular formula is C15H21N3O3. The molecule has 0 aromatic heterocycles. The van der Waals surface area contributed by atoms with Crippen LogP contribution in [-0.4, -0.2) is 29.3 Å². The van der Waals surface area contributed by atoms with E-state index in [2.05, 4.69) is 0 Å². The topological polar surface area (TPSA) is 89.5 Å². The summed E-state index contributed by atoms with van der Waals surface area (Å²) in [5.41, 5.74) is 5.89. The van der Waals surface area contributed by atoms with E-state index in [1.165, 1.54) is 37.5 Å². The van der Waals surface area contributed by atoms with E-state index < -0.39 is 4.92 Å². The van der Waals surface area contributed by atoms with Crippen molar-refractivity contribution in [1.29, 1.82) is 0 Å². The molecule has 0 bridgehead atoms. The zero-order valence-corrected chi connectivity index (χ0v) is 12.2. The summed E-state index contributed by atoms with van der Waals surface area (Å²) < 4.78 is 0. The minimum Gasteiger partial charge on any atom is -0.399 e. The molecule has 1 fully saturated rings. The van der Waals surface area contributed by atoms with Crippen molar-refractivity contribution in [2.24, 2.45) is 5.92 Å². The van der Waals surface area contributed by atoms with E-state index in [-0.39, 0.29) is 17.2 Å². The fourth-order valence-corrected chi connectivity index (χ4v) is 2.93. The van der Waals surface area contributed by atoms with Gasteiger partial charge in [-0.2, -0.15) is 0 Å². The van der Waals surface area contributed by atoms with E-state index in [0.717, 1.165) is 12.8 Å². The third-order valence-corrected chi connectivity index (χ3v) is 4.05. The molecule has 1 saturated carbocycles. The highest BCUT2D eigenvalue weighted by atomic mass is 16.6. The van der Waals surface area contributed by atoms with Crippen molar-refractivity contribution in [2.75, 3.05) is 19.3 Å². The number of nitrogens with zero attached hydrogens (tertiary/aromatic N) is 2. The zero-order valence-electron chi connectivity index (χ0n) is 12.2. The van der Waals surface area contributed by atoms with Crippen LogP contribution in [0.5, 0.6) is 0 Å². The highest BCUT2D eigenvalue weighted by Crippen LogP contribution is 2.26. The van der Waals surface area contributed by atoms with Gasteiger partial charge in [-0.25, -0.2) is 0 Å². The largest absolute Gasteiger partial charge is 0.399 e. The van der Waals surface area contributed by atoms with Gasteiger partial charge in [-0.3, -0.25) is 14.9 Å². The van der Waals surface area contributed by atoms with Crippen LogP contribution in [0, 0.1) is 16.0 Å². The Balaban J connectivity index is 2.14. The Morgan fingerprint density at radius 2 is 2.05 bits per heavy atom. The molecule has 0 atom stereocenters. The lowest BCUT2D eigenvalue weighted by molar-refractivity contribution is -0.385. The maximum atomic E-state index is 12.5. The van der Waals surface area contributed by atoms with Gasteiger partial charge in [0.05, 0.1) is 4.92 Å². The van der Waals surface area contributed by atoms with Gasteiger partial charge in [-0.05, 0) is 30.9 Å².